The highest BCUT2D eigenvalue weighted by Crippen LogP contribution is 2.22. The van der Waals surface area contributed by atoms with E-state index < -0.39 is 0 Å². The van der Waals surface area contributed by atoms with E-state index >= 15 is 0 Å². The van der Waals surface area contributed by atoms with Crippen LogP contribution in [0.3, 0.4) is 0 Å². The van der Waals surface area contributed by atoms with Gasteiger partial charge in [-0.2, -0.15) is 0 Å². The van der Waals surface area contributed by atoms with Gasteiger partial charge in [-0.1, -0.05) is 13.8 Å². The van der Waals surface area contributed by atoms with Crippen molar-refractivity contribution in [1.82, 2.24) is 10.2 Å². The van der Waals surface area contributed by atoms with Crippen molar-refractivity contribution in [2.75, 3.05) is 19.6 Å². The molecular formula is C16H23IN2O2. The molecule has 2 rings (SSSR count). The maximum Gasteiger partial charge on any atom is 0.257 e. The summed E-state index contributed by atoms with van der Waals surface area (Å²) in [6.07, 6.45) is 2.28. The summed E-state index contributed by atoms with van der Waals surface area (Å²) < 4.78 is 0.956. The minimum Gasteiger partial charge on any atom is -0.507 e. The van der Waals surface area contributed by atoms with E-state index in [2.05, 4.69) is 41.8 Å². The monoisotopic (exact) mass is 402 g/mol. The lowest BCUT2D eigenvalue weighted by molar-refractivity contribution is 0.0718. The summed E-state index contributed by atoms with van der Waals surface area (Å²) in [4.78, 5) is 14.6. The number of benzene rings is 1. The predicted molar refractivity (Wildman–Crippen MR) is 92.6 cm³/mol. The molecule has 1 heterocycles. The molecule has 1 aromatic rings. The molecule has 4 nitrogen and oxygen atoms in total. The number of phenolic OH excluding ortho intramolecular Hbond substituents is 1. The molecule has 0 saturated carbocycles. The van der Waals surface area contributed by atoms with Gasteiger partial charge in [0, 0.05) is 22.7 Å². The highest BCUT2D eigenvalue weighted by Gasteiger charge is 2.24. The van der Waals surface area contributed by atoms with E-state index in [9.17, 15) is 9.90 Å². The molecule has 1 atom stereocenters. The molecule has 1 saturated heterocycles. The van der Waals surface area contributed by atoms with Crippen molar-refractivity contribution in [2.45, 2.75) is 32.7 Å². The number of carbonyl (C=O) groups is 1. The summed E-state index contributed by atoms with van der Waals surface area (Å²) in [6, 6.07) is 5.53. The van der Waals surface area contributed by atoms with Gasteiger partial charge in [-0.15, -0.1) is 0 Å². The van der Waals surface area contributed by atoms with Crippen LogP contribution in [0.1, 0.15) is 37.0 Å². The second-order valence-corrected chi connectivity index (χ2v) is 7.30. The van der Waals surface area contributed by atoms with E-state index in [0.29, 0.717) is 30.6 Å². The lowest BCUT2D eigenvalue weighted by Gasteiger charge is -2.28. The van der Waals surface area contributed by atoms with Crippen LogP contribution >= 0.6 is 22.6 Å². The van der Waals surface area contributed by atoms with Gasteiger partial charge in [-0.25, -0.2) is 0 Å². The van der Waals surface area contributed by atoms with Crippen LogP contribution in [-0.2, 0) is 0 Å². The Bertz CT molecular complexity index is 499. The zero-order valence-corrected chi connectivity index (χ0v) is 14.8. The Kier molecular flexibility index (Phi) is 5.87. The third kappa shape index (κ3) is 4.57. The van der Waals surface area contributed by atoms with Gasteiger partial charge in [0.15, 0.2) is 0 Å². The van der Waals surface area contributed by atoms with E-state index in [4.69, 9.17) is 0 Å². The summed E-state index contributed by atoms with van der Waals surface area (Å²) in [5, 5.41) is 13.4. The van der Waals surface area contributed by atoms with E-state index in [1.807, 2.05) is 4.90 Å². The van der Waals surface area contributed by atoms with Gasteiger partial charge in [0.05, 0.1) is 5.56 Å². The first kappa shape index (κ1) is 16.5. The summed E-state index contributed by atoms with van der Waals surface area (Å²) >= 11 is 2.16. The molecule has 5 heteroatoms. The minimum atomic E-state index is -0.0755. The van der Waals surface area contributed by atoms with Gasteiger partial charge in [-0.3, -0.25) is 4.79 Å². The first-order valence-corrected chi connectivity index (χ1v) is 8.56. The minimum absolute atomic E-state index is 0.0635. The molecule has 21 heavy (non-hydrogen) atoms. The Hall–Kier alpha value is -0.820. The quantitative estimate of drug-likeness (QED) is 0.745. The highest BCUT2D eigenvalue weighted by atomic mass is 127. The number of aromatic hydroxyl groups is 1. The fourth-order valence-corrected chi connectivity index (χ4v) is 3.20. The third-order valence-electron chi connectivity index (χ3n) is 3.66. The van der Waals surface area contributed by atoms with E-state index in [1.54, 1.807) is 18.2 Å². The molecule has 1 aromatic carbocycles. The van der Waals surface area contributed by atoms with Crippen LogP contribution in [0.4, 0.5) is 0 Å². The topological polar surface area (TPSA) is 52.6 Å². The van der Waals surface area contributed by atoms with Crippen molar-refractivity contribution >= 4 is 28.5 Å². The van der Waals surface area contributed by atoms with E-state index in [0.717, 1.165) is 16.5 Å². The molecule has 116 valence electrons. The third-order valence-corrected chi connectivity index (χ3v) is 4.34. The molecule has 0 aliphatic carbocycles. The number of hydrogen-bond donors (Lipinski definition) is 2. The molecule has 1 fully saturated rings. The molecular weight excluding hydrogens is 379 g/mol. The van der Waals surface area contributed by atoms with Crippen molar-refractivity contribution < 1.29 is 9.90 Å². The van der Waals surface area contributed by atoms with Crippen LogP contribution in [0, 0.1) is 9.49 Å². The molecule has 1 amide bonds. The maximum absolute atomic E-state index is 12.8. The zero-order chi connectivity index (χ0) is 15.4. The van der Waals surface area contributed by atoms with Crippen LogP contribution in [-0.4, -0.2) is 41.6 Å². The van der Waals surface area contributed by atoms with Crippen LogP contribution in [0.2, 0.25) is 0 Å². The van der Waals surface area contributed by atoms with Crippen molar-refractivity contribution in [3.8, 4) is 5.75 Å². The molecule has 0 aromatic heterocycles. The number of halogens is 1. The Balaban J connectivity index is 2.17. The number of phenols is 1. The highest BCUT2D eigenvalue weighted by molar-refractivity contribution is 14.1. The number of amides is 1. The number of hydrogen-bond acceptors (Lipinski definition) is 3. The Morgan fingerprint density at radius 2 is 2.29 bits per heavy atom. The Labute approximate surface area is 140 Å². The molecule has 0 radical (unpaired) electrons. The molecule has 0 bridgehead atoms. The van der Waals surface area contributed by atoms with Crippen LogP contribution in [0.15, 0.2) is 18.2 Å². The smallest absolute Gasteiger partial charge is 0.257 e. The fourth-order valence-electron chi connectivity index (χ4n) is 2.71. The van der Waals surface area contributed by atoms with Crippen molar-refractivity contribution in [2.24, 2.45) is 5.92 Å². The van der Waals surface area contributed by atoms with Gasteiger partial charge in [0.1, 0.15) is 5.75 Å². The Morgan fingerprint density at radius 3 is 2.90 bits per heavy atom. The normalized spacial score (nSPS) is 18.2. The standard InChI is InChI=1S/C16H23IN2O2/c1-11(2)9-19(10-13-4-3-7-18-13)16(21)14-8-12(17)5-6-15(14)20/h5-6,8,11,13,18,20H,3-4,7,9-10H2,1-2H3. The van der Waals surface area contributed by atoms with Crippen LogP contribution < -0.4 is 5.32 Å². The summed E-state index contributed by atoms with van der Waals surface area (Å²) in [6.45, 7) is 6.67. The van der Waals surface area contributed by atoms with Gasteiger partial charge < -0.3 is 15.3 Å². The SMILES string of the molecule is CC(C)CN(CC1CCCN1)C(=O)c1cc(I)ccc1O. The average Bonchev–Trinajstić information content (AvgIpc) is 2.92. The number of carbonyl (C=O) groups excluding carboxylic acids is 1. The first-order valence-electron chi connectivity index (χ1n) is 7.48. The van der Waals surface area contributed by atoms with E-state index in [-0.39, 0.29) is 11.7 Å². The van der Waals surface area contributed by atoms with Crippen molar-refractivity contribution in [3.05, 3.63) is 27.3 Å². The maximum atomic E-state index is 12.8. The summed E-state index contributed by atoms with van der Waals surface area (Å²) in [7, 11) is 0. The van der Waals surface area contributed by atoms with Gasteiger partial charge in [0.25, 0.3) is 5.91 Å². The molecule has 1 unspecified atom stereocenters. The van der Waals surface area contributed by atoms with Gasteiger partial charge in [-0.05, 0) is 66.1 Å². The van der Waals surface area contributed by atoms with Crippen molar-refractivity contribution in [1.29, 1.82) is 0 Å². The first-order chi connectivity index (χ1) is 9.97. The van der Waals surface area contributed by atoms with Crippen LogP contribution in [0.25, 0.3) is 0 Å². The molecule has 1 aliphatic heterocycles. The Morgan fingerprint density at radius 1 is 1.52 bits per heavy atom. The second kappa shape index (κ2) is 7.45. The van der Waals surface area contributed by atoms with Crippen molar-refractivity contribution in [3.63, 3.8) is 0 Å². The van der Waals surface area contributed by atoms with E-state index in [1.165, 1.54) is 6.42 Å². The van der Waals surface area contributed by atoms with Crippen LogP contribution in [0.5, 0.6) is 5.75 Å². The number of nitrogens with one attached hydrogen (secondary N) is 1. The number of rotatable bonds is 5. The number of nitrogens with zero attached hydrogens (tertiary/aromatic N) is 1. The van der Waals surface area contributed by atoms with Gasteiger partial charge in [0.2, 0.25) is 0 Å². The largest absolute Gasteiger partial charge is 0.507 e. The van der Waals surface area contributed by atoms with Gasteiger partial charge >= 0.3 is 0 Å². The zero-order valence-electron chi connectivity index (χ0n) is 12.6. The predicted octanol–water partition coefficient (Wildman–Crippen LogP) is 2.85. The average molecular weight is 402 g/mol. The lowest BCUT2D eigenvalue weighted by Crippen LogP contribution is -2.42. The molecule has 0 spiro atoms. The second-order valence-electron chi connectivity index (χ2n) is 6.06. The summed E-state index contributed by atoms with van der Waals surface area (Å²) in [5.74, 6) is 0.391. The molecule has 2 N–H and O–H groups in total. The molecule has 1 aliphatic rings. The fraction of sp³-hybridized carbons (Fsp3) is 0.562. The summed E-state index contributed by atoms with van der Waals surface area (Å²) in [5.41, 5.74) is 0.403. The lowest BCUT2D eigenvalue weighted by atomic mass is 10.1.